The molecule has 0 spiro atoms. The third-order valence-electron chi connectivity index (χ3n) is 7.33. The Bertz CT molecular complexity index is 1360. The number of aromatic nitrogens is 4. The van der Waals surface area contributed by atoms with Gasteiger partial charge in [-0.1, -0.05) is 42.7 Å². The Morgan fingerprint density at radius 2 is 1.87 bits per heavy atom. The molecular formula is C28H33N5O5. The maximum atomic E-state index is 10.8. The van der Waals surface area contributed by atoms with Gasteiger partial charge in [-0.3, -0.25) is 4.57 Å². The summed E-state index contributed by atoms with van der Waals surface area (Å²) >= 11 is 0. The quantitative estimate of drug-likeness (QED) is 0.489. The molecule has 10 heteroatoms. The second-order valence-electron chi connectivity index (χ2n) is 10.7. The molecule has 3 aromatic rings. The van der Waals surface area contributed by atoms with Crippen molar-refractivity contribution < 1.29 is 24.1 Å². The van der Waals surface area contributed by atoms with E-state index in [1.165, 1.54) is 0 Å². The minimum Gasteiger partial charge on any atom is -0.382 e. The van der Waals surface area contributed by atoms with Crippen LogP contribution in [-0.2, 0) is 25.6 Å². The van der Waals surface area contributed by atoms with Gasteiger partial charge in [-0.05, 0) is 51.0 Å². The van der Waals surface area contributed by atoms with Crippen molar-refractivity contribution in [2.75, 3.05) is 12.3 Å². The van der Waals surface area contributed by atoms with E-state index in [9.17, 15) is 5.11 Å². The van der Waals surface area contributed by atoms with E-state index in [1.54, 1.807) is 10.9 Å². The largest absolute Gasteiger partial charge is 0.382 e. The molecule has 0 unspecified atom stereocenters. The van der Waals surface area contributed by atoms with Crippen molar-refractivity contribution in [3.63, 3.8) is 0 Å². The molecule has 4 atom stereocenters. The molecule has 0 radical (unpaired) electrons. The summed E-state index contributed by atoms with van der Waals surface area (Å²) in [5, 5.41) is 10.8. The monoisotopic (exact) mass is 519 g/mol. The van der Waals surface area contributed by atoms with Gasteiger partial charge in [-0.25, -0.2) is 15.0 Å². The number of aliphatic hydroxyl groups is 1. The van der Waals surface area contributed by atoms with Gasteiger partial charge in [0.25, 0.3) is 0 Å². The minimum atomic E-state index is -1.01. The van der Waals surface area contributed by atoms with Crippen LogP contribution in [0.1, 0.15) is 63.6 Å². The highest BCUT2D eigenvalue weighted by atomic mass is 16.8. The Morgan fingerprint density at radius 1 is 1.11 bits per heavy atom. The van der Waals surface area contributed by atoms with Crippen molar-refractivity contribution in [2.24, 2.45) is 0 Å². The number of ether oxygens (including phenoxy) is 4. The van der Waals surface area contributed by atoms with Gasteiger partial charge < -0.3 is 29.8 Å². The van der Waals surface area contributed by atoms with Crippen molar-refractivity contribution in [3.8, 4) is 11.8 Å². The van der Waals surface area contributed by atoms with E-state index in [-0.39, 0.29) is 23.9 Å². The molecule has 2 saturated heterocycles. The Hall–Kier alpha value is -3.07. The number of nitrogens with two attached hydrogens (primary N) is 1. The highest BCUT2D eigenvalue weighted by molar-refractivity contribution is 5.82. The van der Waals surface area contributed by atoms with E-state index in [0.717, 1.165) is 24.8 Å². The highest BCUT2D eigenvalue weighted by Crippen LogP contribution is 2.44. The van der Waals surface area contributed by atoms with Gasteiger partial charge in [-0.15, -0.1) is 0 Å². The Labute approximate surface area is 221 Å². The molecule has 2 aliphatic heterocycles. The van der Waals surface area contributed by atoms with Crippen LogP contribution in [0.25, 0.3) is 11.2 Å². The fraction of sp³-hybridized carbons (Fsp3) is 0.536. The van der Waals surface area contributed by atoms with E-state index in [2.05, 4.69) is 26.8 Å². The SMILES string of the molecule is CC1(C)O[C@@H]2[C@H](O1)[C@@H](COCc1ccccc1)O[C@H]2n1cnc2c(N)nc(C#CC3(O)CCCCC3)nc21. The summed E-state index contributed by atoms with van der Waals surface area (Å²) in [4.78, 5) is 13.4. The summed E-state index contributed by atoms with van der Waals surface area (Å²) in [5.74, 6) is 5.61. The van der Waals surface area contributed by atoms with Crippen LogP contribution in [0.4, 0.5) is 5.82 Å². The molecule has 1 aliphatic carbocycles. The molecule has 6 rings (SSSR count). The van der Waals surface area contributed by atoms with Crippen LogP contribution < -0.4 is 5.73 Å². The van der Waals surface area contributed by atoms with Gasteiger partial charge in [0, 0.05) is 0 Å². The third-order valence-corrected chi connectivity index (χ3v) is 7.33. The zero-order chi connectivity index (χ0) is 26.3. The highest BCUT2D eigenvalue weighted by Gasteiger charge is 2.56. The van der Waals surface area contributed by atoms with Gasteiger partial charge in [0.2, 0.25) is 5.82 Å². The predicted octanol–water partition coefficient (Wildman–Crippen LogP) is 3.09. The number of nitrogen functional groups attached to an aromatic ring is 1. The molecule has 0 bridgehead atoms. The van der Waals surface area contributed by atoms with E-state index in [1.807, 2.05) is 44.2 Å². The molecule has 200 valence electrons. The molecule has 1 saturated carbocycles. The first-order valence-electron chi connectivity index (χ1n) is 13.2. The normalized spacial score (nSPS) is 27.7. The van der Waals surface area contributed by atoms with E-state index in [0.29, 0.717) is 37.2 Å². The lowest BCUT2D eigenvalue weighted by atomic mass is 9.85. The first-order chi connectivity index (χ1) is 18.3. The molecule has 2 aromatic heterocycles. The Morgan fingerprint density at radius 3 is 2.66 bits per heavy atom. The van der Waals surface area contributed by atoms with Gasteiger partial charge >= 0.3 is 0 Å². The zero-order valence-corrected chi connectivity index (χ0v) is 21.7. The summed E-state index contributed by atoms with van der Waals surface area (Å²) in [6.45, 7) is 4.59. The fourth-order valence-electron chi connectivity index (χ4n) is 5.50. The number of fused-ring (bicyclic) bond motifs is 2. The maximum Gasteiger partial charge on any atom is 0.209 e. The molecule has 3 aliphatic rings. The lowest BCUT2D eigenvalue weighted by Crippen LogP contribution is -2.32. The summed E-state index contributed by atoms with van der Waals surface area (Å²) in [7, 11) is 0. The molecule has 4 heterocycles. The van der Waals surface area contributed by atoms with Crippen LogP contribution in [-0.4, -0.2) is 60.9 Å². The van der Waals surface area contributed by atoms with Crippen molar-refractivity contribution >= 4 is 17.0 Å². The number of anilines is 1. The van der Waals surface area contributed by atoms with Crippen LogP contribution in [0.15, 0.2) is 36.7 Å². The number of imidazole rings is 1. The molecular weight excluding hydrogens is 486 g/mol. The second-order valence-corrected chi connectivity index (χ2v) is 10.7. The Kier molecular flexibility index (Phi) is 6.58. The van der Waals surface area contributed by atoms with Crippen LogP contribution >= 0.6 is 0 Å². The van der Waals surface area contributed by atoms with Crippen LogP contribution in [0.5, 0.6) is 0 Å². The summed E-state index contributed by atoms with van der Waals surface area (Å²) in [6, 6.07) is 9.99. The Balaban J connectivity index is 1.26. The predicted molar refractivity (Wildman–Crippen MR) is 138 cm³/mol. The smallest absolute Gasteiger partial charge is 0.209 e. The summed E-state index contributed by atoms with van der Waals surface area (Å²) in [6.07, 6.45) is 4.30. The molecule has 0 amide bonds. The number of hydrogen-bond donors (Lipinski definition) is 2. The van der Waals surface area contributed by atoms with Gasteiger partial charge in [0.05, 0.1) is 19.5 Å². The van der Waals surface area contributed by atoms with E-state index >= 15 is 0 Å². The molecule has 3 fully saturated rings. The summed E-state index contributed by atoms with van der Waals surface area (Å²) < 4.78 is 26.7. The van der Waals surface area contributed by atoms with Crippen molar-refractivity contribution in [1.29, 1.82) is 0 Å². The van der Waals surface area contributed by atoms with E-state index < -0.39 is 23.7 Å². The standard InChI is InChI=1S/C28H33N5O5/c1-27(2)37-22-19(16-35-15-18-9-5-3-6-10-18)36-26(23(22)38-27)33-17-30-21-24(29)31-20(32-25(21)33)11-14-28(34)12-7-4-8-13-28/h3,5-6,9-10,17,19,22-23,26,34H,4,7-8,12-13,15-16H2,1-2H3,(H2,29,31,32)/t19-,22-,23-,26-/m1/s1. The first kappa shape index (κ1) is 25.2. The van der Waals surface area contributed by atoms with Crippen molar-refractivity contribution in [2.45, 2.75) is 88.5 Å². The maximum absolute atomic E-state index is 10.8. The number of nitrogens with zero attached hydrogens (tertiary/aromatic N) is 4. The number of hydrogen-bond acceptors (Lipinski definition) is 9. The average Bonchev–Trinajstić information content (AvgIpc) is 3.55. The zero-order valence-electron chi connectivity index (χ0n) is 21.7. The number of rotatable bonds is 5. The lowest BCUT2D eigenvalue weighted by Gasteiger charge is -2.26. The topological polar surface area (TPSA) is 127 Å². The molecule has 10 nitrogen and oxygen atoms in total. The molecule has 38 heavy (non-hydrogen) atoms. The molecule has 3 N–H and O–H groups in total. The van der Waals surface area contributed by atoms with Gasteiger partial charge in [0.15, 0.2) is 23.5 Å². The fourth-order valence-corrected chi connectivity index (χ4v) is 5.50. The van der Waals surface area contributed by atoms with Gasteiger partial charge in [0.1, 0.15) is 29.4 Å². The lowest BCUT2D eigenvalue weighted by molar-refractivity contribution is -0.202. The summed E-state index contributed by atoms with van der Waals surface area (Å²) in [5.41, 5.74) is 7.25. The van der Waals surface area contributed by atoms with Gasteiger partial charge in [-0.2, -0.15) is 0 Å². The van der Waals surface area contributed by atoms with Crippen LogP contribution in [0.2, 0.25) is 0 Å². The average molecular weight is 520 g/mol. The minimum absolute atomic E-state index is 0.217. The van der Waals surface area contributed by atoms with Crippen molar-refractivity contribution in [3.05, 3.63) is 48.0 Å². The van der Waals surface area contributed by atoms with E-state index in [4.69, 9.17) is 24.7 Å². The second kappa shape index (κ2) is 9.91. The van der Waals surface area contributed by atoms with Crippen LogP contribution in [0, 0.1) is 11.8 Å². The number of benzene rings is 1. The van der Waals surface area contributed by atoms with Crippen LogP contribution in [0.3, 0.4) is 0 Å². The molecule has 1 aromatic carbocycles. The third kappa shape index (κ3) is 5.00. The van der Waals surface area contributed by atoms with Crippen molar-refractivity contribution in [1.82, 2.24) is 19.5 Å². The first-order valence-corrected chi connectivity index (χ1v) is 13.2.